The van der Waals surface area contributed by atoms with Gasteiger partial charge in [-0.05, 0) is 49.2 Å². The number of aromatic nitrogens is 1. The lowest BCUT2D eigenvalue weighted by Gasteiger charge is -2.06. The second-order valence-corrected chi connectivity index (χ2v) is 6.08. The number of aryl methyl sites for hydroxylation is 2. The van der Waals surface area contributed by atoms with E-state index >= 15 is 0 Å². The summed E-state index contributed by atoms with van der Waals surface area (Å²) in [4.78, 5) is 16.8. The molecule has 0 spiro atoms. The number of thiazole rings is 1. The van der Waals surface area contributed by atoms with Crippen LogP contribution in [0.2, 0.25) is 0 Å². The number of anilines is 1. The first-order valence-corrected chi connectivity index (χ1v) is 7.75. The van der Waals surface area contributed by atoms with Gasteiger partial charge in [0, 0.05) is 11.3 Å². The van der Waals surface area contributed by atoms with Crippen LogP contribution in [0.15, 0.2) is 42.5 Å². The Morgan fingerprint density at radius 2 is 2.10 bits per heavy atom. The maximum Gasteiger partial charge on any atom is 0.255 e. The van der Waals surface area contributed by atoms with Crippen molar-refractivity contribution in [2.75, 3.05) is 5.32 Å². The van der Waals surface area contributed by atoms with Crippen LogP contribution in [-0.4, -0.2) is 10.9 Å². The molecule has 0 aliphatic heterocycles. The molecule has 3 nitrogen and oxygen atoms in total. The average molecular weight is 296 g/mol. The second-order valence-electron chi connectivity index (χ2n) is 4.97. The van der Waals surface area contributed by atoms with Gasteiger partial charge in [0.1, 0.15) is 0 Å². The average Bonchev–Trinajstić information content (AvgIpc) is 2.89. The molecule has 0 saturated heterocycles. The number of hydrogen-bond donors (Lipinski definition) is 1. The summed E-state index contributed by atoms with van der Waals surface area (Å²) < 4.78 is 1.06. The monoisotopic (exact) mass is 296 g/mol. The van der Waals surface area contributed by atoms with E-state index in [4.69, 9.17) is 0 Å². The molecular formula is C17H16N2OS. The summed E-state index contributed by atoms with van der Waals surface area (Å²) >= 11 is 1.65. The van der Waals surface area contributed by atoms with Crippen LogP contribution in [0.5, 0.6) is 0 Å². The molecule has 0 unspecified atom stereocenters. The summed E-state index contributed by atoms with van der Waals surface area (Å²) in [5, 5.41) is 4.03. The fourth-order valence-electron chi connectivity index (χ4n) is 2.19. The zero-order chi connectivity index (χ0) is 14.8. The Kier molecular flexibility index (Phi) is 3.71. The Bertz CT molecular complexity index is 807. The van der Waals surface area contributed by atoms with Gasteiger partial charge in [-0.25, -0.2) is 4.98 Å². The molecule has 1 N–H and O–H groups in total. The number of nitrogens with one attached hydrogen (secondary N) is 1. The van der Waals surface area contributed by atoms with Crippen LogP contribution in [0.3, 0.4) is 0 Å². The molecule has 3 rings (SSSR count). The normalized spacial score (nSPS) is 10.8. The maximum absolute atomic E-state index is 12.3. The molecule has 0 radical (unpaired) electrons. The van der Waals surface area contributed by atoms with Gasteiger partial charge in [0.25, 0.3) is 5.91 Å². The standard InChI is InChI=1S/C17H16N2OS/c1-3-16-19-14-8-7-12(10-15(14)21-16)17(20)18-13-6-4-5-11(2)9-13/h4-10H,3H2,1-2H3,(H,18,20). The molecule has 1 aromatic heterocycles. The van der Waals surface area contributed by atoms with Gasteiger partial charge in [-0.1, -0.05) is 19.1 Å². The topological polar surface area (TPSA) is 42.0 Å². The van der Waals surface area contributed by atoms with E-state index in [0.29, 0.717) is 5.56 Å². The van der Waals surface area contributed by atoms with Crippen molar-refractivity contribution in [1.29, 1.82) is 0 Å². The number of benzene rings is 2. The Hall–Kier alpha value is -2.20. The van der Waals surface area contributed by atoms with Crippen molar-refractivity contribution in [2.24, 2.45) is 0 Å². The summed E-state index contributed by atoms with van der Waals surface area (Å²) in [6.07, 6.45) is 0.921. The van der Waals surface area contributed by atoms with Gasteiger partial charge in [-0.2, -0.15) is 0 Å². The van der Waals surface area contributed by atoms with Crippen LogP contribution >= 0.6 is 11.3 Å². The number of amides is 1. The summed E-state index contributed by atoms with van der Waals surface area (Å²) in [5.41, 5.74) is 3.57. The van der Waals surface area contributed by atoms with Crippen LogP contribution in [-0.2, 0) is 6.42 Å². The number of carbonyl (C=O) groups is 1. The van der Waals surface area contributed by atoms with Crippen molar-refractivity contribution in [3.8, 4) is 0 Å². The van der Waals surface area contributed by atoms with Crippen molar-refractivity contribution in [3.05, 3.63) is 58.6 Å². The Labute approximate surface area is 127 Å². The van der Waals surface area contributed by atoms with Gasteiger partial charge in [0.05, 0.1) is 15.2 Å². The number of fused-ring (bicyclic) bond motifs is 1. The Morgan fingerprint density at radius 1 is 1.24 bits per heavy atom. The van der Waals surface area contributed by atoms with Crippen molar-refractivity contribution in [2.45, 2.75) is 20.3 Å². The molecule has 1 heterocycles. The lowest BCUT2D eigenvalue weighted by Crippen LogP contribution is -2.11. The first-order chi connectivity index (χ1) is 10.2. The van der Waals surface area contributed by atoms with Gasteiger partial charge in [0.2, 0.25) is 0 Å². The van der Waals surface area contributed by atoms with Gasteiger partial charge in [0.15, 0.2) is 0 Å². The molecule has 3 aromatic rings. The quantitative estimate of drug-likeness (QED) is 0.777. The summed E-state index contributed by atoms with van der Waals surface area (Å²) in [6.45, 7) is 4.09. The van der Waals surface area contributed by atoms with E-state index in [1.54, 1.807) is 11.3 Å². The van der Waals surface area contributed by atoms with E-state index in [1.807, 2.05) is 49.4 Å². The molecule has 0 aliphatic carbocycles. The summed E-state index contributed by atoms with van der Waals surface area (Å²) in [6, 6.07) is 13.4. The number of nitrogens with zero attached hydrogens (tertiary/aromatic N) is 1. The van der Waals surface area contributed by atoms with E-state index in [9.17, 15) is 4.79 Å². The highest BCUT2D eigenvalue weighted by molar-refractivity contribution is 7.18. The Morgan fingerprint density at radius 3 is 2.86 bits per heavy atom. The highest BCUT2D eigenvalue weighted by Crippen LogP contribution is 2.24. The third kappa shape index (κ3) is 2.95. The summed E-state index contributed by atoms with van der Waals surface area (Å²) in [7, 11) is 0. The second kappa shape index (κ2) is 5.66. The fraction of sp³-hybridized carbons (Fsp3) is 0.176. The molecule has 0 aliphatic rings. The van der Waals surface area contributed by atoms with E-state index in [0.717, 1.165) is 32.9 Å². The highest BCUT2D eigenvalue weighted by atomic mass is 32.1. The molecular weight excluding hydrogens is 280 g/mol. The van der Waals surface area contributed by atoms with Crippen LogP contribution in [0.4, 0.5) is 5.69 Å². The molecule has 0 atom stereocenters. The zero-order valence-corrected chi connectivity index (χ0v) is 12.8. The van der Waals surface area contributed by atoms with Gasteiger partial charge in [-0.15, -0.1) is 11.3 Å². The van der Waals surface area contributed by atoms with Crippen molar-refractivity contribution in [1.82, 2.24) is 4.98 Å². The molecule has 21 heavy (non-hydrogen) atoms. The van der Waals surface area contributed by atoms with Crippen molar-refractivity contribution < 1.29 is 4.79 Å². The minimum Gasteiger partial charge on any atom is -0.322 e. The van der Waals surface area contributed by atoms with E-state index in [2.05, 4.69) is 17.2 Å². The maximum atomic E-state index is 12.3. The molecule has 0 bridgehead atoms. The third-order valence-corrected chi connectivity index (χ3v) is 4.44. The smallest absolute Gasteiger partial charge is 0.255 e. The minimum absolute atomic E-state index is 0.0889. The lowest BCUT2D eigenvalue weighted by molar-refractivity contribution is 0.102. The SMILES string of the molecule is CCc1nc2ccc(C(=O)Nc3cccc(C)c3)cc2s1. The predicted octanol–water partition coefficient (Wildman–Crippen LogP) is 4.42. The largest absolute Gasteiger partial charge is 0.322 e. The summed E-state index contributed by atoms with van der Waals surface area (Å²) in [5.74, 6) is -0.0889. The van der Waals surface area contributed by atoms with Crippen LogP contribution in [0.25, 0.3) is 10.2 Å². The fourth-order valence-corrected chi connectivity index (χ4v) is 3.14. The van der Waals surface area contributed by atoms with Crippen LogP contribution < -0.4 is 5.32 Å². The first kappa shape index (κ1) is 13.8. The molecule has 106 valence electrons. The van der Waals surface area contributed by atoms with E-state index < -0.39 is 0 Å². The van der Waals surface area contributed by atoms with Gasteiger partial charge < -0.3 is 5.32 Å². The third-order valence-electron chi connectivity index (χ3n) is 3.27. The van der Waals surface area contributed by atoms with Gasteiger partial charge in [-0.3, -0.25) is 4.79 Å². The number of rotatable bonds is 3. The van der Waals surface area contributed by atoms with Gasteiger partial charge >= 0.3 is 0 Å². The van der Waals surface area contributed by atoms with E-state index in [-0.39, 0.29) is 5.91 Å². The van der Waals surface area contributed by atoms with Crippen LogP contribution in [0.1, 0.15) is 27.9 Å². The van der Waals surface area contributed by atoms with E-state index in [1.165, 1.54) is 0 Å². The number of carbonyl (C=O) groups excluding carboxylic acids is 1. The number of hydrogen-bond acceptors (Lipinski definition) is 3. The minimum atomic E-state index is -0.0889. The van der Waals surface area contributed by atoms with Crippen molar-refractivity contribution >= 4 is 33.1 Å². The highest BCUT2D eigenvalue weighted by Gasteiger charge is 2.09. The molecule has 4 heteroatoms. The molecule has 0 fully saturated rings. The zero-order valence-electron chi connectivity index (χ0n) is 12.0. The first-order valence-electron chi connectivity index (χ1n) is 6.93. The molecule has 1 amide bonds. The molecule has 2 aromatic carbocycles. The lowest BCUT2D eigenvalue weighted by atomic mass is 10.2. The Balaban J connectivity index is 1.87. The predicted molar refractivity (Wildman–Crippen MR) is 88.1 cm³/mol. The molecule has 0 saturated carbocycles. The van der Waals surface area contributed by atoms with Crippen molar-refractivity contribution in [3.63, 3.8) is 0 Å². The van der Waals surface area contributed by atoms with Crippen LogP contribution in [0, 0.1) is 6.92 Å².